The van der Waals surface area contributed by atoms with E-state index < -0.39 is 12.1 Å². The van der Waals surface area contributed by atoms with E-state index in [4.69, 9.17) is 0 Å². The van der Waals surface area contributed by atoms with Crippen LogP contribution in [0, 0.1) is 6.92 Å². The summed E-state index contributed by atoms with van der Waals surface area (Å²) in [6.45, 7) is 1.80. The number of hydrogen-bond acceptors (Lipinski definition) is 6. The van der Waals surface area contributed by atoms with Gasteiger partial charge in [-0.1, -0.05) is 30.3 Å². The van der Waals surface area contributed by atoms with Crippen molar-refractivity contribution in [2.75, 3.05) is 0 Å². The van der Waals surface area contributed by atoms with Crippen LogP contribution in [0.2, 0.25) is 0 Å². The summed E-state index contributed by atoms with van der Waals surface area (Å²) in [6, 6.07) is 9.31. The Morgan fingerprint density at radius 2 is 2.04 bits per heavy atom. The van der Waals surface area contributed by atoms with Crippen molar-refractivity contribution in [2.45, 2.75) is 25.5 Å². The van der Waals surface area contributed by atoms with Gasteiger partial charge in [-0.05, 0) is 18.9 Å². The lowest BCUT2D eigenvalue weighted by atomic mass is 10.0. The zero-order chi connectivity index (χ0) is 16.9. The fourth-order valence-electron chi connectivity index (χ4n) is 2.42. The molecule has 124 valence electrons. The second kappa shape index (κ2) is 7.65. The minimum absolute atomic E-state index is 0.216. The molecule has 0 aliphatic rings. The number of amides is 1. The third kappa shape index (κ3) is 3.87. The molecule has 2 N–H and O–H groups in total. The predicted molar refractivity (Wildman–Crippen MR) is 95.3 cm³/mol. The molecule has 0 unspecified atom stereocenters. The number of aliphatic hydroxyl groups excluding tert-OH is 1. The zero-order valence-corrected chi connectivity index (χ0v) is 14.7. The SMILES string of the molecule is Cc1ncsc1C(=O)N[C@H](Cc1ccccc1)[C@H](O)c1nccs1. The largest absolute Gasteiger partial charge is 0.384 e. The Morgan fingerprint density at radius 1 is 1.25 bits per heavy atom. The molecule has 0 spiro atoms. The minimum atomic E-state index is -0.859. The second-order valence-electron chi connectivity index (χ2n) is 5.35. The maximum absolute atomic E-state index is 12.5. The molecule has 7 heteroatoms. The zero-order valence-electron chi connectivity index (χ0n) is 13.0. The van der Waals surface area contributed by atoms with E-state index in [1.54, 1.807) is 18.6 Å². The molecule has 0 radical (unpaired) electrons. The first-order valence-electron chi connectivity index (χ1n) is 7.47. The van der Waals surface area contributed by atoms with E-state index in [1.165, 1.54) is 22.7 Å². The Morgan fingerprint density at radius 3 is 2.67 bits per heavy atom. The van der Waals surface area contributed by atoms with Gasteiger partial charge in [-0.25, -0.2) is 9.97 Å². The smallest absolute Gasteiger partial charge is 0.263 e. The van der Waals surface area contributed by atoms with Gasteiger partial charge in [-0.15, -0.1) is 22.7 Å². The van der Waals surface area contributed by atoms with E-state index in [-0.39, 0.29) is 5.91 Å². The quantitative estimate of drug-likeness (QED) is 0.709. The normalized spacial score (nSPS) is 13.4. The van der Waals surface area contributed by atoms with Gasteiger partial charge in [0.1, 0.15) is 16.0 Å². The number of aliphatic hydroxyl groups is 1. The molecule has 24 heavy (non-hydrogen) atoms. The fourth-order valence-corrected chi connectivity index (χ4v) is 3.81. The van der Waals surface area contributed by atoms with E-state index >= 15 is 0 Å². The van der Waals surface area contributed by atoms with Crippen molar-refractivity contribution in [1.29, 1.82) is 0 Å². The van der Waals surface area contributed by atoms with Crippen LogP contribution in [0.25, 0.3) is 0 Å². The molecule has 0 aliphatic carbocycles. The lowest BCUT2D eigenvalue weighted by molar-refractivity contribution is 0.0835. The molecule has 3 aromatic rings. The highest BCUT2D eigenvalue weighted by atomic mass is 32.1. The monoisotopic (exact) mass is 359 g/mol. The highest BCUT2D eigenvalue weighted by molar-refractivity contribution is 7.11. The standard InChI is InChI=1S/C17H17N3O2S2/c1-11-15(24-10-19-11)16(22)20-13(9-12-5-3-2-4-6-12)14(21)17-18-7-8-23-17/h2-8,10,13-14,21H,9H2,1H3,(H,20,22)/t13-,14+/m1/s1. The first-order valence-corrected chi connectivity index (χ1v) is 9.23. The van der Waals surface area contributed by atoms with Crippen LogP contribution >= 0.6 is 22.7 Å². The highest BCUT2D eigenvalue weighted by Gasteiger charge is 2.26. The van der Waals surface area contributed by atoms with Crippen molar-refractivity contribution < 1.29 is 9.90 Å². The number of rotatable bonds is 6. The van der Waals surface area contributed by atoms with Gasteiger partial charge in [-0.3, -0.25) is 4.79 Å². The van der Waals surface area contributed by atoms with Crippen LogP contribution in [0.5, 0.6) is 0 Å². The van der Waals surface area contributed by atoms with Gasteiger partial charge in [-0.2, -0.15) is 0 Å². The summed E-state index contributed by atoms with van der Waals surface area (Å²) in [5.41, 5.74) is 3.38. The maximum atomic E-state index is 12.5. The molecule has 0 bridgehead atoms. The number of aromatic nitrogens is 2. The number of nitrogens with zero attached hydrogens (tertiary/aromatic N) is 2. The number of thiazole rings is 2. The fraction of sp³-hybridized carbons (Fsp3) is 0.235. The van der Waals surface area contributed by atoms with Crippen molar-refractivity contribution in [3.8, 4) is 0 Å². The summed E-state index contributed by atoms with van der Waals surface area (Å²) in [5.74, 6) is -0.216. The molecule has 1 aromatic carbocycles. The molecule has 2 atom stereocenters. The Kier molecular flexibility index (Phi) is 5.34. The number of hydrogen-bond donors (Lipinski definition) is 2. The van der Waals surface area contributed by atoms with Crippen LogP contribution in [-0.4, -0.2) is 27.0 Å². The molecule has 0 fully saturated rings. The Hall–Kier alpha value is -2.09. The highest BCUT2D eigenvalue weighted by Crippen LogP contribution is 2.23. The van der Waals surface area contributed by atoms with Gasteiger partial charge < -0.3 is 10.4 Å². The number of benzene rings is 1. The summed E-state index contributed by atoms with van der Waals surface area (Å²) in [4.78, 5) is 21.4. The van der Waals surface area contributed by atoms with Crippen molar-refractivity contribution in [3.05, 3.63) is 68.6 Å². The number of nitrogens with one attached hydrogen (secondary N) is 1. The maximum Gasteiger partial charge on any atom is 0.263 e. The predicted octanol–water partition coefficient (Wildman–Crippen LogP) is 2.98. The van der Waals surface area contributed by atoms with Crippen LogP contribution in [0.15, 0.2) is 47.4 Å². The van der Waals surface area contributed by atoms with Gasteiger partial charge in [0.2, 0.25) is 0 Å². The van der Waals surface area contributed by atoms with E-state index in [0.29, 0.717) is 22.0 Å². The van der Waals surface area contributed by atoms with E-state index in [0.717, 1.165) is 5.56 Å². The van der Waals surface area contributed by atoms with Crippen molar-refractivity contribution >= 4 is 28.6 Å². The second-order valence-corrected chi connectivity index (χ2v) is 7.13. The topological polar surface area (TPSA) is 75.1 Å². The van der Waals surface area contributed by atoms with E-state index in [2.05, 4.69) is 15.3 Å². The molecule has 0 aliphatic heterocycles. The van der Waals surface area contributed by atoms with Gasteiger partial charge in [0.15, 0.2) is 0 Å². The Balaban J connectivity index is 1.81. The number of carbonyl (C=O) groups is 1. The number of carbonyl (C=O) groups excluding carboxylic acids is 1. The summed E-state index contributed by atoms with van der Waals surface area (Å²) in [6.07, 6.45) is 1.31. The average Bonchev–Trinajstić information content (AvgIpc) is 3.26. The Labute approximate surface area is 148 Å². The molecule has 1 amide bonds. The van der Waals surface area contributed by atoms with E-state index in [9.17, 15) is 9.90 Å². The van der Waals surface area contributed by atoms with Crippen molar-refractivity contribution in [1.82, 2.24) is 15.3 Å². The molecule has 5 nitrogen and oxygen atoms in total. The molecular weight excluding hydrogens is 342 g/mol. The molecule has 2 heterocycles. The molecule has 2 aromatic heterocycles. The first-order chi connectivity index (χ1) is 11.6. The summed E-state index contributed by atoms with van der Waals surface area (Å²) in [7, 11) is 0. The van der Waals surface area contributed by atoms with Crippen LogP contribution < -0.4 is 5.32 Å². The Bertz CT molecular complexity index is 787. The van der Waals surface area contributed by atoms with Gasteiger partial charge in [0, 0.05) is 11.6 Å². The average molecular weight is 359 g/mol. The van der Waals surface area contributed by atoms with Crippen LogP contribution in [0.4, 0.5) is 0 Å². The first kappa shape index (κ1) is 16.8. The third-order valence-electron chi connectivity index (χ3n) is 3.65. The van der Waals surface area contributed by atoms with Crippen molar-refractivity contribution in [3.63, 3.8) is 0 Å². The minimum Gasteiger partial charge on any atom is -0.384 e. The van der Waals surface area contributed by atoms with Crippen LogP contribution in [-0.2, 0) is 6.42 Å². The molecule has 0 saturated heterocycles. The van der Waals surface area contributed by atoms with Crippen molar-refractivity contribution in [2.24, 2.45) is 0 Å². The molecule has 3 rings (SSSR count). The summed E-state index contributed by atoms with van der Waals surface area (Å²) < 4.78 is 0. The van der Waals surface area contributed by atoms with Gasteiger partial charge in [0.05, 0.1) is 17.2 Å². The van der Waals surface area contributed by atoms with Gasteiger partial charge >= 0.3 is 0 Å². The third-order valence-corrected chi connectivity index (χ3v) is 5.43. The molecular formula is C17H17N3O2S2. The lowest BCUT2D eigenvalue weighted by Gasteiger charge is -2.23. The summed E-state index contributed by atoms with van der Waals surface area (Å²) in [5, 5.41) is 16.0. The van der Waals surface area contributed by atoms with E-state index in [1.807, 2.05) is 35.7 Å². The molecule has 0 saturated carbocycles. The number of aryl methyl sites for hydroxylation is 1. The van der Waals surface area contributed by atoms with Crippen LogP contribution in [0.1, 0.15) is 32.0 Å². The lowest BCUT2D eigenvalue weighted by Crippen LogP contribution is -2.41. The van der Waals surface area contributed by atoms with Gasteiger partial charge in [0.25, 0.3) is 5.91 Å². The summed E-state index contributed by atoms with van der Waals surface area (Å²) >= 11 is 2.67. The van der Waals surface area contributed by atoms with Crippen LogP contribution in [0.3, 0.4) is 0 Å².